The molecule has 4 nitrogen and oxygen atoms in total. The van der Waals surface area contributed by atoms with E-state index in [1.807, 2.05) is 0 Å². The minimum absolute atomic E-state index is 0.0159. The van der Waals surface area contributed by atoms with Gasteiger partial charge in [0, 0.05) is 17.2 Å². The molecule has 2 aromatic rings. The van der Waals surface area contributed by atoms with Crippen molar-refractivity contribution in [3.8, 4) is 22.6 Å². The molecule has 0 atom stereocenters. The number of ether oxygens (including phenoxy) is 2. The van der Waals surface area contributed by atoms with Crippen LogP contribution in [-0.2, 0) is 9.59 Å². The lowest BCUT2D eigenvalue weighted by Gasteiger charge is -2.10. The molecule has 26 heavy (non-hydrogen) atoms. The number of benzene rings is 2. The first kappa shape index (κ1) is 19.3. The first-order valence-electron chi connectivity index (χ1n) is 7.88. The fraction of sp³-hybridized carbons (Fsp3) is 0.200. The Bertz CT molecular complexity index is 872. The van der Waals surface area contributed by atoms with Crippen LogP contribution in [0.3, 0.4) is 0 Å². The Labute approximate surface area is 150 Å². The number of carbonyl (C=O) groups is 2. The third-order valence-corrected chi connectivity index (χ3v) is 3.42. The zero-order valence-electron chi connectivity index (χ0n) is 14.6. The van der Waals surface area contributed by atoms with E-state index >= 15 is 0 Å². The highest BCUT2D eigenvalue weighted by Crippen LogP contribution is 2.30. The fourth-order valence-corrected chi connectivity index (χ4v) is 1.96. The summed E-state index contributed by atoms with van der Waals surface area (Å²) in [5.74, 6) is -3.31. The summed E-state index contributed by atoms with van der Waals surface area (Å²) in [4.78, 5) is 23.0. The molecule has 0 N–H and O–H groups in total. The van der Waals surface area contributed by atoms with Gasteiger partial charge in [-0.15, -0.1) is 0 Å². The molecule has 0 aliphatic heterocycles. The SMILES string of the molecule is C=C(C)C(=O)Oc1ccc(-c2ccc(OC(=O)C(C)C)c(F)c2)c(F)c1. The zero-order valence-corrected chi connectivity index (χ0v) is 14.6. The van der Waals surface area contributed by atoms with Gasteiger partial charge in [-0.05, 0) is 36.8 Å². The number of halogens is 2. The van der Waals surface area contributed by atoms with Crippen molar-refractivity contribution in [3.63, 3.8) is 0 Å². The van der Waals surface area contributed by atoms with Crippen LogP contribution in [-0.4, -0.2) is 11.9 Å². The van der Waals surface area contributed by atoms with Gasteiger partial charge in [-0.25, -0.2) is 13.6 Å². The average Bonchev–Trinajstić information content (AvgIpc) is 2.56. The van der Waals surface area contributed by atoms with Crippen molar-refractivity contribution in [2.75, 3.05) is 0 Å². The molecular weight excluding hydrogens is 342 g/mol. The first-order chi connectivity index (χ1) is 12.2. The van der Waals surface area contributed by atoms with Gasteiger partial charge in [0.15, 0.2) is 11.6 Å². The van der Waals surface area contributed by atoms with Gasteiger partial charge in [-0.3, -0.25) is 4.79 Å². The van der Waals surface area contributed by atoms with E-state index in [2.05, 4.69) is 6.58 Å². The highest BCUT2D eigenvalue weighted by molar-refractivity contribution is 5.88. The standard InChI is InChI=1S/C20H18F2O4/c1-11(2)19(23)25-14-6-7-15(16(21)10-14)13-5-8-18(17(22)9-13)26-20(24)12(3)4/h5-10,12H,1H2,2-4H3. The molecule has 0 aromatic heterocycles. The Hall–Kier alpha value is -3.02. The molecule has 2 aromatic carbocycles. The van der Waals surface area contributed by atoms with Crippen LogP contribution in [0.5, 0.6) is 11.5 Å². The van der Waals surface area contributed by atoms with Gasteiger partial charge < -0.3 is 9.47 Å². The third-order valence-electron chi connectivity index (χ3n) is 3.42. The predicted molar refractivity (Wildman–Crippen MR) is 92.7 cm³/mol. The molecule has 0 saturated heterocycles. The van der Waals surface area contributed by atoms with Gasteiger partial charge in [-0.2, -0.15) is 0 Å². The second-order valence-electron chi connectivity index (χ2n) is 6.03. The monoisotopic (exact) mass is 360 g/mol. The summed E-state index contributed by atoms with van der Waals surface area (Å²) in [7, 11) is 0. The quantitative estimate of drug-likeness (QED) is 0.442. The van der Waals surface area contributed by atoms with E-state index in [0.717, 1.165) is 12.1 Å². The molecule has 0 bridgehead atoms. The van der Waals surface area contributed by atoms with E-state index in [9.17, 15) is 18.4 Å². The zero-order chi connectivity index (χ0) is 19.4. The largest absolute Gasteiger partial charge is 0.423 e. The molecule has 136 valence electrons. The molecule has 0 spiro atoms. The maximum Gasteiger partial charge on any atom is 0.338 e. The summed E-state index contributed by atoms with van der Waals surface area (Å²) in [5.41, 5.74) is 0.547. The average molecular weight is 360 g/mol. The molecular formula is C20H18F2O4. The highest BCUT2D eigenvalue weighted by Gasteiger charge is 2.15. The molecule has 0 radical (unpaired) electrons. The molecule has 0 fully saturated rings. The highest BCUT2D eigenvalue weighted by atomic mass is 19.1. The van der Waals surface area contributed by atoms with Crippen molar-refractivity contribution in [3.05, 3.63) is 60.2 Å². The lowest BCUT2D eigenvalue weighted by molar-refractivity contribution is -0.138. The summed E-state index contributed by atoms with van der Waals surface area (Å²) in [5, 5.41) is 0. The van der Waals surface area contributed by atoms with Crippen LogP contribution < -0.4 is 9.47 Å². The van der Waals surface area contributed by atoms with E-state index < -0.39 is 29.5 Å². The van der Waals surface area contributed by atoms with Crippen LogP contribution in [0.4, 0.5) is 8.78 Å². The minimum Gasteiger partial charge on any atom is -0.423 e. The second kappa shape index (κ2) is 7.91. The van der Waals surface area contributed by atoms with Gasteiger partial charge in [0.1, 0.15) is 11.6 Å². The number of hydrogen-bond acceptors (Lipinski definition) is 4. The molecule has 0 amide bonds. The number of hydrogen-bond donors (Lipinski definition) is 0. The molecule has 0 heterocycles. The summed E-state index contributed by atoms with van der Waals surface area (Å²) < 4.78 is 38.4. The van der Waals surface area contributed by atoms with Crippen molar-refractivity contribution in [2.24, 2.45) is 5.92 Å². The summed E-state index contributed by atoms with van der Waals surface area (Å²) in [6, 6.07) is 7.56. The van der Waals surface area contributed by atoms with Gasteiger partial charge >= 0.3 is 11.9 Å². The molecule has 6 heteroatoms. The van der Waals surface area contributed by atoms with Crippen LogP contribution >= 0.6 is 0 Å². The van der Waals surface area contributed by atoms with Crippen LogP contribution in [0.1, 0.15) is 20.8 Å². The van der Waals surface area contributed by atoms with Crippen molar-refractivity contribution >= 4 is 11.9 Å². The van der Waals surface area contributed by atoms with Crippen molar-refractivity contribution < 1.29 is 27.8 Å². The van der Waals surface area contributed by atoms with Crippen LogP contribution in [0, 0.1) is 17.6 Å². The topological polar surface area (TPSA) is 52.6 Å². The second-order valence-corrected chi connectivity index (χ2v) is 6.03. The van der Waals surface area contributed by atoms with E-state index in [1.54, 1.807) is 13.8 Å². The lowest BCUT2D eigenvalue weighted by atomic mass is 10.0. The fourth-order valence-electron chi connectivity index (χ4n) is 1.96. The molecule has 0 aliphatic rings. The van der Waals surface area contributed by atoms with Crippen LogP contribution in [0.2, 0.25) is 0 Å². The van der Waals surface area contributed by atoms with Crippen molar-refractivity contribution in [1.29, 1.82) is 0 Å². The van der Waals surface area contributed by atoms with E-state index in [-0.39, 0.29) is 28.2 Å². The third kappa shape index (κ3) is 4.53. The number of rotatable bonds is 5. The molecule has 2 rings (SSSR count). The number of carbonyl (C=O) groups excluding carboxylic acids is 2. The Morgan fingerprint density at radius 2 is 1.69 bits per heavy atom. The summed E-state index contributed by atoms with van der Waals surface area (Å²) in [6.45, 7) is 8.18. The van der Waals surface area contributed by atoms with Gasteiger partial charge in [-0.1, -0.05) is 26.5 Å². The van der Waals surface area contributed by atoms with E-state index in [0.29, 0.717) is 0 Å². The Kier molecular flexibility index (Phi) is 5.87. The summed E-state index contributed by atoms with van der Waals surface area (Å²) >= 11 is 0. The van der Waals surface area contributed by atoms with Crippen LogP contribution in [0.15, 0.2) is 48.6 Å². The van der Waals surface area contributed by atoms with E-state index in [4.69, 9.17) is 9.47 Å². The van der Waals surface area contributed by atoms with Gasteiger partial charge in [0.25, 0.3) is 0 Å². The number of esters is 2. The molecule has 0 aliphatic carbocycles. The maximum absolute atomic E-state index is 14.3. The van der Waals surface area contributed by atoms with Crippen LogP contribution in [0.25, 0.3) is 11.1 Å². The Balaban J connectivity index is 2.26. The molecule has 0 unspecified atom stereocenters. The summed E-state index contributed by atoms with van der Waals surface area (Å²) in [6.07, 6.45) is 0. The molecule has 0 saturated carbocycles. The van der Waals surface area contributed by atoms with E-state index in [1.165, 1.54) is 31.2 Å². The lowest BCUT2D eigenvalue weighted by Crippen LogP contribution is -2.15. The normalized spacial score (nSPS) is 10.5. The smallest absolute Gasteiger partial charge is 0.338 e. The van der Waals surface area contributed by atoms with Gasteiger partial charge in [0.05, 0.1) is 5.92 Å². The first-order valence-corrected chi connectivity index (χ1v) is 7.88. The van der Waals surface area contributed by atoms with Crippen molar-refractivity contribution in [2.45, 2.75) is 20.8 Å². The predicted octanol–water partition coefficient (Wildman–Crippen LogP) is 4.67. The van der Waals surface area contributed by atoms with Crippen molar-refractivity contribution in [1.82, 2.24) is 0 Å². The Morgan fingerprint density at radius 1 is 1.00 bits per heavy atom. The van der Waals surface area contributed by atoms with Gasteiger partial charge in [0.2, 0.25) is 0 Å². The Morgan fingerprint density at radius 3 is 2.23 bits per heavy atom. The maximum atomic E-state index is 14.3. The minimum atomic E-state index is -0.784.